The average Bonchev–Trinajstić information content (AvgIpc) is 3.37. The van der Waals surface area contributed by atoms with E-state index in [4.69, 9.17) is 9.79 Å². The van der Waals surface area contributed by atoms with E-state index >= 15 is 0 Å². The predicted octanol–water partition coefficient (Wildman–Crippen LogP) is 7.15. The minimum atomic E-state index is -4.35. The van der Waals surface area contributed by atoms with Gasteiger partial charge < -0.3 is 14.9 Å². The first-order valence-electron chi connectivity index (χ1n) is 13.2. The maximum Gasteiger partial charge on any atom is 0.469 e. The number of hydrogen-bond acceptors (Lipinski definition) is 3. The minimum Gasteiger partial charge on any atom is -0.393 e. The van der Waals surface area contributed by atoms with Crippen molar-refractivity contribution in [2.24, 2.45) is 11.3 Å². The Hall–Kier alpha value is -2.01. The number of hydrogen-bond donors (Lipinski definition) is 3. The molecule has 0 aliphatic heterocycles. The van der Waals surface area contributed by atoms with Crippen molar-refractivity contribution in [3.63, 3.8) is 0 Å². The van der Waals surface area contributed by atoms with E-state index in [9.17, 15) is 9.67 Å². The maximum atomic E-state index is 11.1. The first-order chi connectivity index (χ1) is 17.3. The molecule has 0 spiro atoms. The largest absolute Gasteiger partial charge is 0.469 e. The van der Waals surface area contributed by atoms with Crippen molar-refractivity contribution in [1.82, 2.24) is 0 Å². The Balaban J connectivity index is 1.47. The first kappa shape index (κ1) is 27.0. The van der Waals surface area contributed by atoms with E-state index in [1.807, 2.05) is 6.07 Å². The Kier molecular flexibility index (Phi) is 9.03. The van der Waals surface area contributed by atoms with Crippen molar-refractivity contribution >= 4 is 19.0 Å². The van der Waals surface area contributed by atoms with Crippen LogP contribution in [0.1, 0.15) is 75.3 Å². The molecule has 4 rings (SSSR count). The fraction of sp³-hybridized carbons (Fsp3) is 0.467. The second-order valence-corrected chi connectivity index (χ2v) is 11.5. The summed E-state index contributed by atoms with van der Waals surface area (Å²) in [6, 6.07) is 21.1. The van der Waals surface area contributed by atoms with Crippen LogP contribution >= 0.6 is 7.82 Å². The quantitative estimate of drug-likeness (QED) is 0.197. The zero-order valence-electron chi connectivity index (χ0n) is 21.0. The molecule has 0 radical (unpaired) electrons. The molecule has 2 aromatic rings. The van der Waals surface area contributed by atoms with Crippen LogP contribution in [0, 0.1) is 11.3 Å². The highest BCUT2D eigenvalue weighted by atomic mass is 31.2. The van der Waals surface area contributed by atoms with Gasteiger partial charge in [0.25, 0.3) is 0 Å². The van der Waals surface area contributed by atoms with E-state index in [2.05, 4.69) is 65.7 Å². The summed E-state index contributed by atoms with van der Waals surface area (Å²) < 4.78 is 15.3. The number of benzene rings is 2. The SMILES string of the molecule is C=C(c1ccccc1)C12CCC(O)C1CC(CCCCCCCCOP(=O)(O)O)=C2c1ccccc1. The second-order valence-electron chi connectivity index (χ2n) is 10.3. The molecule has 2 aliphatic carbocycles. The summed E-state index contributed by atoms with van der Waals surface area (Å²) in [5.74, 6) is 0.171. The van der Waals surface area contributed by atoms with E-state index in [0.717, 1.165) is 68.9 Å². The van der Waals surface area contributed by atoms with Crippen molar-refractivity contribution in [3.8, 4) is 0 Å². The van der Waals surface area contributed by atoms with Gasteiger partial charge in [0.15, 0.2) is 0 Å². The zero-order valence-corrected chi connectivity index (χ0v) is 21.9. The molecule has 3 N–H and O–H groups in total. The molecule has 194 valence electrons. The normalized spacial score (nSPS) is 23.8. The standard InChI is InChI=1S/C30H39O5P/c1-23(24-14-9-6-10-15-24)30-20-19-28(31)27(30)22-26(29(30)25-16-11-7-12-17-25)18-8-4-2-3-5-13-21-35-36(32,33)34/h6-7,9-12,14-17,27-28,31H,1-5,8,13,18-22H2,(H2,32,33,34). The number of allylic oxidation sites excluding steroid dienone is 3. The maximum absolute atomic E-state index is 11.1. The molecule has 5 nitrogen and oxygen atoms in total. The van der Waals surface area contributed by atoms with E-state index in [1.165, 1.54) is 16.7 Å². The summed E-state index contributed by atoms with van der Waals surface area (Å²) in [6.07, 6.45) is 9.30. The highest BCUT2D eigenvalue weighted by molar-refractivity contribution is 7.46. The highest BCUT2D eigenvalue weighted by Crippen LogP contribution is 2.66. The Morgan fingerprint density at radius 3 is 2.22 bits per heavy atom. The third-order valence-electron chi connectivity index (χ3n) is 8.05. The van der Waals surface area contributed by atoms with Gasteiger partial charge >= 0.3 is 7.82 Å². The van der Waals surface area contributed by atoms with Crippen LogP contribution < -0.4 is 0 Å². The fourth-order valence-corrected chi connectivity index (χ4v) is 6.81. The Morgan fingerprint density at radius 1 is 0.944 bits per heavy atom. The van der Waals surface area contributed by atoms with E-state index in [0.29, 0.717) is 6.42 Å². The molecule has 0 heterocycles. The van der Waals surface area contributed by atoms with Crippen LogP contribution in [0.3, 0.4) is 0 Å². The number of fused-ring (bicyclic) bond motifs is 1. The number of aliphatic hydroxyl groups is 1. The Bertz CT molecular complexity index is 1090. The summed E-state index contributed by atoms with van der Waals surface area (Å²) in [5, 5.41) is 11.1. The fourth-order valence-electron chi connectivity index (χ4n) is 6.44. The predicted molar refractivity (Wildman–Crippen MR) is 145 cm³/mol. The first-order valence-corrected chi connectivity index (χ1v) is 14.8. The van der Waals surface area contributed by atoms with Gasteiger partial charge in [0.1, 0.15) is 0 Å². The number of phosphoric acid groups is 1. The van der Waals surface area contributed by atoms with Crippen molar-refractivity contribution in [3.05, 3.63) is 83.9 Å². The molecule has 6 heteroatoms. The van der Waals surface area contributed by atoms with Gasteiger partial charge in [-0.1, -0.05) is 98.5 Å². The van der Waals surface area contributed by atoms with Crippen LogP contribution in [0.5, 0.6) is 0 Å². The van der Waals surface area contributed by atoms with Crippen LogP contribution in [-0.2, 0) is 9.09 Å². The number of unbranched alkanes of at least 4 members (excludes halogenated alkanes) is 5. The highest BCUT2D eigenvalue weighted by Gasteiger charge is 2.56. The summed E-state index contributed by atoms with van der Waals surface area (Å²) >= 11 is 0. The van der Waals surface area contributed by atoms with Gasteiger partial charge in [0.2, 0.25) is 0 Å². The lowest BCUT2D eigenvalue weighted by Crippen LogP contribution is -2.29. The molecule has 2 aliphatic rings. The topological polar surface area (TPSA) is 87.0 Å². The number of aliphatic hydroxyl groups excluding tert-OH is 1. The summed E-state index contributed by atoms with van der Waals surface area (Å²) in [4.78, 5) is 17.5. The van der Waals surface area contributed by atoms with Crippen molar-refractivity contribution < 1.29 is 24.0 Å². The molecule has 0 aromatic heterocycles. The Morgan fingerprint density at radius 2 is 1.56 bits per heavy atom. The van der Waals surface area contributed by atoms with Gasteiger partial charge in [-0.25, -0.2) is 4.57 Å². The van der Waals surface area contributed by atoms with Gasteiger partial charge in [0.05, 0.1) is 12.7 Å². The van der Waals surface area contributed by atoms with E-state index in [1.54, 1.807) is 0 Å². The smallest absolute Gasteiger partial charge is 0.393 e. The molecule has 1 fully saturated rings. The van der Waals surface area contributed by atoms with Gasteiger partial charge in [-0.3, -0.25) is 4.52 Å². The van der Waals surface area contributed by atoms with Crippen LogP contribution in [0.15, 0.2) is 72.8 Å². The van der Waals surface area contributed by atoms with Gasteiger partial charge in [-0.2, -0.15) is 0 Å². The van der Waals surface area contributed by atoms with Crippen LogP contribution in [0.2, 0.25) is 0 Å². The van der Waals surface area contributed by atoms with Gasteiger partial charge in [-0.15, -0.1) is 0 Å². The summed E-state index contributed by atoms with van der Waals surface area (Å²) in [6.45, 7) is 4.75. The lowest BCUT2D eigenvalue weighted by atomic mass is 9.66. The molecule has 36 heavy (non-hydrogen) atoms. The molecule has 3 unspecified atom stereocenters. The van der Waals surface area contributed by atoms with Crippen molar-refractivity contribution in [2.75, 3.05) is 6.61 Å². The lowest BCUT2D eigenvalue weighted by Gasteiger charge is -2.37. The Labute approximate surface area is 215 Å². The van der Waals surface area contributed by atoms with Crippen molar-refractivity contribution in [2.45, 2.75) is 70.3 Å². The molecule has 0 saturated heterocycles. The molecule has 0 amide bonds. The van der Waals surface area contributed by atoms with Crippen molar-refractivity contribution in [1.29, 1.82) is 0 Å². The van der Waals surface area contributed by atoms with E-state index < -0.39 is 7.82 Å². The molecular formula is C30H39O5P. The number of phosphoric ester groups is 1. The number of rotatable bonds is 13. The molecule has 3 atom stereocenters. The average molecular weight is 511 g/mol. The third kappa shape index (κ3) is 6.10. The zero-order chi connectivity index (χ0) is 25.6. The molecule has 2 aromatic carbocycles. The van der Waals surface area contributed by atoms with Crippen LogP contribution in [-0.4, -0.2) is 27.6 Å². The van der Waals surface area contributed by atoms with Crippen LogP contribution in [0.25, 0.3) is 11.1 Å². The summed E-state index contributed by atoms with van der Waals surface area (Å²) in [5.41, 5.74) is 6.19. The summed E-state index contributed by atoms with van der Waals surface area (Å²) in [7, 11) is -4.35. The van der Waals surface area contributed by atoms with Gasteiger partial charge in [0, 0.05) is 11.3 Å². The molecule has 1 saturated carbocycles. The van der Waals surface area contributed by atoms with Gasteiger partial charge in [-0.05, 0) is 60.8 Å². The van der Waals surface area contributed by atoms with E-state index in [-0.39, 0.29) is 24.0 Å². The monoisotopic (exact) mass is 510 g/mol. The van der Waals surface area contributed by atoms with Crippen LogP contribution in [0.4, 0.5) is 0 Å². The third-order valence-corrected chi connectivity index (χ3v) is 8.57. The second kappa shape index (κ2) is 12.0. The lowest BCUT2D eigenvalue weighted by molar-refractivity contribution is 0.120. The minimum absolute atomic E-state index is 0.106. The molecular weight excluding hydrogens is 471 g/mol. The molecule has 0 bridgehead atoms.